The number of nitro groups is 1. The molecule has 0 spiro atoms. The minimum Gasteiger partial charge on any atom is -0.457 e. The average Bonchev–Trinajstić information content (AvgIpc) is 2.92. The molecule has 2 bridgehead atoms. The molecule has 5 nitrogen and oxygen atoms in total. The Morgan fingerprint density at radius 2 is 1.92 bits per heavy atom. The van der Waals surface area contributed by atoms with Crippen molar-refractivity contribution in [2.24, 2.45) is 28.6 Å². The van der Waals surface area contributed by atoms with Crippen LogP contribution >= 0.6 is 0 Å². The van der Waals surface area contributed by atoms with E-state index in [-0.39, 0.29) is 34.3 Å². The van der Waals surface area contributed by atoms with Crippen LogP contribution in [0.4, 0.5) is 5.69 Å². The summed E-state index contributed by atoms with van der Waals surface area (Å²) in [4.78, 5) is 24.1. The molecule has 1 aromatic rings. The number of carbonyl (C=O) groups is 1. The Morgan fingerprint density at radius 1 is 1.27 bits per heavy atom. The van der Waals surface area contributed by atoms with Crippen molar-refractivity contribution >= 4 is 11.7 Å². The number of para-hydroxylation sites is 1. The van der Waals surface area contributed by atoms with Gasteiger partial charge < -0.3 is 4.74 Å². The van der Waals surface area contributed by atoms with Crippen LogP contribution in [0.1, 0.15) is 65.5 Å². The summed E-state index contributed by atoms with van der Waals surface area (Å²) in [5, 5.41) is 11.4. The smallest absolute Gasteiger partial charge is 0.310 e. The van der Waals surface area contributed by atoms with Crippen LogP contribution in [0.15, 0.2) is 24.3 Å². The van der Waals surface area contributed by atoms with Crippen LogP contribution in [0.5, 0.6) is 0 Å². The zero-order valence-electron chi connectivity index (χ0n) is 16.3. The van der Waals surface area contributed by atoms with Gasteiger partial charge in [0.25, 0.3) is 5.69 Å². The minimum atomic E-state index is -0.602. The topological polar surface area (TPSA) is 69.4 Å². The monoisotopic (exact) mass is 359 g/mol. The fourth-order valence-corrected chi connectivity index (χ4v) is 5.22. The first-order valence-electron chi connectivity index (χ1n) is 9.53. The molecule has 4 atom stereocenters. The number of nitrogens with zero attached hydrogens (tertiary/aromatic N) is 1. The van der Waals surface area contributed by atoms with Gasteiger partial charge in [0, 0.05) is 6.07 Å². The predicted molar refractivity (Wildman–Crippen MR) is 99.5 cm³/mol. The molecule has 2 saturated carbocycles. The lowest BCUT2D eigenvalue weighted by Crippen LogP contribution is -2.37. The van der Waals surface area contributed by atoms with Crippen LogP contribution in [0.2, 0.25) is 0 Å². The fraction of sp³-hybridized carbons (Fsp3) is 0.667. The quantitative estimate of drug-likeness (QED) is 0.406. The highest BCUT2D eigenvalue weighted by molar-refractivity contribution is 5.75. The number of esters is 1. The molecule has 2 aliphatic carbocycles. The Morgan fingerprint density at radius 3 is 2.42 bits per heavy atom. The summed E-state index contributed by atoms with van der Waals surface area (Å²) < 4.78 is 5.94. The van der Waals surface area contributed by atoms with E-state index in [0.29, 0.717) is 11.5 Å². The normalized spacial score (nSPS) is 30.4. The van der Waals surface area contributed by atoms with E-state index >= 15 is 0 Å². The van der Waals surface area contributed by atoms with Crippen molar-refractivity contribution in [2.75, 3.05) is 0 Å². The zero-order chi connectivity index (χ0) is 19.3. The summed E-state index contributed by atoms with van der Waals surface area (Å²) in [5.74, 6) is 0.188. The highest BCUT2D eigenvalue weighted by Gasteiger charge is 2.63. The number of carbonyl (C=O) groups excluding carboxylic acids is 1. The maximum atomic E-state index is 13.1. The fourth-order valence-electron chi connectivity index (χ4n) is 5.22. The van der Waals surface area contributed by atoms with Gasteiger partial charge in [-0.05, 0) is 48.0 Å². The summed E-state index contributed by atoms with van der Waals surface area (Å²) in [6.45, 7) is 10.6. The third-order valence-corrected chi connectivity index (χ3v) is 7.37. The number of fused-ring (bicyclic) bond motifs is 2. The first-order valence-corrected chi connectivity index (χ1v) is 9.53. The highest BCUT2D eigenvalue weighted by Crippen LogP contribution is 2.68. The largest absolute Gasteiger partial charge is 0.457 e. The van der Waals surface area contributed by atoms with Gasteiger partial charge >= 0.3 is 5.97 Å². The second kappa shape index (κ2) is 6.36. The molecule has 0 radical (unpaired) electrons. The van der Waals surface area contributed by atoms with Gasteiger partial charge in [0.1, 0.15) is 6.10 Å². The number of nitro benzene ring substituents is 1. The molecule has 0 amide bonds. The van der Waals surface area contributed by atoms with E-state index in [0.717, 1.165) is 12.8 Å². The van der Waals surface area contributed by atoms with E-state index in [1.54, 1.807) is 18.2 Å². The van der Waals surface area contributed by atoms with Crippen LogP contribution in [0.25, 0.3) is 0 Å². The molecule has 0 aromatic heterocycles. The first kappa shape index (κ1) is 18.9. The van der Waals surface area contributed by atoms with Gasteiger partial charge in [0.05, 0.1) is 16.4 Å². The molecule has 0 aliphatic heterocycles. The van der Waals surface area contributed by atoms with Crippen LogP contribution in [0, 0.1) is 38.7 Å². The molecular formula is C21H29NO4. The maximum Gasteiger partial charge on any atom is 0.310 e. The third-order valence-electron chi connectivity index (χ3n) is 7.37. The lowest BCUT2D eigenvalue weighted by Gasteiger charge is -2.38. The number of rotatable bonds is 5. The van der Waals surface area contributed by atoms with Crippen molar-refractivity contribution in [1.29, 1.82) is 0 Å². The van der Waals surface area contributed by atoms with Crippen molar-refractivity contribution in [2.45, 2.75) is 60.0 Å². The van der Waals surface area contributed by atoms with Crippen molar-refractivity contribution in [3.8, 4) is 0 Å². The van der Waals surface area contributed by atoms with Crippen molar-refractivity contribution < 1.29 is 14.5 Å². The Balaban J connectivity index is 1.87. The van der Waals surface area contributed by atoms with Crippen LogP contribution < -0.4 is 0 Å². The second-order valence-electron chi connectivity index (χ2n) is 9.08. The second-order valence-corrected chi connectivity index (χ2v) is 9.08. The summed E-state index contributed by atoms with van der Waals surface area (Å²) >= 11 is 0. The summed E-state index contributed by atoms with van der Waals surface area (Å²) in [5.41, 5.74) is 0.564. The van der Waals surface area contributed by atoms with Crippen molar-refractivity contribution in [3.05, 3.63) is 39.9 Å². The van der Waals surface area contributed by atoms with E-state index in [1.807, 2.05) is 13.8 Å². The van der Waals surface area contributed by atoms with Gasteiger partial charge in [-0.15, -0.1) is 0 Å². The number of hydrogen-bond donors (Lipinski definition) is 0. The van der Waals surface area contributed by atoms with E-state index in [1.165, 1.54) is 12.5 Å². The molecule has 0 N–H and O–H groups in total. The van der Waals surface area contributed by atoms with Crippen LogP contribution in [-0.4, -0.2) is 10.9 Å². The van der Waals surface area contributed by atoms with E-state index in [9.17, 15) is 14.9 Å². The molecule has 0 saturated heterocycles. The molecule has 2 aliphatic rings. The molecular weight excluding hydrogens is 330 g/mol. The SMILES string of the molecule is CC(C)C(OC(=O)C1CC2CC[C@]1(C)C2(C)C)c1ccccc1[N+](=O)[O-]. The van der Waals surface area contributed by atoms with E-state index in [2.05, 4.69) is 20.8 Å². The molecule has 2 fully saturated rings. The standard InChI is InChI=1S/C21H29NO4/c1-13(2)18(15-8-6-7-9-17(15)22(24)25)26-19(23)16-12-14-10-11-21(16,5)20(14,3)4/h6-9,13-14,16,18H,10-12H2,1-5H3/t14?,16?,18?,21-/m0/s1. The Labute approximate surface area is 155 Å². The zero-order valence-corrected chi connectivity index (χ0v) is 16.3. The van der Waals surface area contributed by atoms with Gasteiger partial charge in [-0.25, -0.2) is 0 Å². The lowest BCUT2D eigenvalue weighted by molar-refractivity contribution is -0.386. The molecule has 0 heterocycles. The van der Waals surface area contributed by atoms with E-state index in [4.69, 9.17) is 4.74 Å². The van der Waals surface area contributed by atoms with Gasteiger partial charge in [0.15, 0.2) is 0 Å². The minimum absolute atomic E-state index is 0.0125. The predicted octanol–water partition coefficient (Wildman–Crippen LogP) is 5.30. The summed E-state index contributed by atoms with van der Waals surface area (Å²) in [6.07, 6.45) is 2.48. The summed E-state index contributed by atoms with van der Waals surface area (Å²) in [6, 6.07) is 6.57. The van der Waals surface area contributed by atoms with Gasteiger partial charge in [-0.3, -0.25) is 14.9 Å². The van der Waals surface area contributed by atoms with Crippen LogP contribution in [0.3, 0.4) is 0 Å². The third kappa shape index (κ3) is 2.72. The Hall–Kier alpha value is -1.91. The first-order chi connectivity index (χ1) is 12.1. The van der Waals surface area contributed by atoms with Gasteiger partial charge in [-0.1, -0.05) is 46.8 Å². The molecule has 26 heavy (non-hydrogen) atoms. The van der Waals surface area contributed by atoms with Gasteiger partial charge in [-0.2, -0.15) is 0 Å². The van der Waals surface area contributed by atoms with Crippen molar-refractivity contribution in [3.63, 3.8) is 0 Å². The Kier molecular flexibility index (Phi) is 4.62. The number of ether oxygens (including phenoxy) is 1. The molecule has 3 unspecified atom stereocenters. The average molecular weight is 359 g/mol. The highest BCUT2D eigenvalue weighted by atomic mass is 16.6. The van der Waals surface area contributed by atoms with Gasteiger partial charge in [0.2, 0.25) is 0 Å². The molecule has 1 aromatic carbocycles. The summed E-state index contributed by atoms with van der Waals surface area (Å²) in [7, 11) is 0. The van der Waals surface area contributed by atoms with Crippen molar-refractivity contribution in [1.82, 2.24) is 0 Å². The molecule has 142 valence electrons. The molecule has 5 heteroatoms. The maximum absolute atomic E-state index is 13.1. The van der Waals surface area contributed by atoms with Crippen LogP contribution in [-0.2, 0) is 9.53 Å². The number of hydrogen-bond acceptors (Lipinski definition) is 4. The van der Waals surface area contributed by atoms with E-state index < -0.39 is 11.0 Å². The number of benzene rings is 1. The lowest BCUT2D eigenvalue weighted by atomic mass is 9.67. The molecule has 3 rings (SSSR count). The Bertz CT molecular complexity index is 726.